The molecule has 0 aromatic heterocycles. The molecule has 0 N–H and O–H groups in total. The van der Waals surface area contributed by atoms with Crippen LogP contribution in [0.25, 0.3) is 0 Å². The molecule has 6 heteroatoms. The van der Waals surface area contributed by atoms with Crippen LogP contribution in [0, 0.1) is 0 Å². The zero-order chi connectivity index (χ0) is 52.2. The van der Waals surface area contributed by atoms with Gasteiger partial charge in [-0.25, -0.2) is 0 Å². The number of carbonyl (C=O) groups is 3. The maximum Gasteiger partial charge on any atom is 0.306 e. The van der Waals surface area contributed by atoms with Crippen molar-refractivity contribution in [3.05, 3.63) is 48.6 Å². The van der Waals surface area contributed by atoms with Crippen LogP contribution in [-0.2, 0) is 28.6 Å². The van der Waals surface area contributed by atoms with Crippen LogP contribution in [0.2, 0.25) is 0 Å². The highest BCUT2D eigenvalue weighted by Gasteiger charge is 2.19. The van der Waals surface area contributed by atoms with Gasteiger partial charge in [-0.2, -0.15) is 0 Å². The van der Waals surface area contributed by atoms with E-state index in [2.05, 4.69) is 69.4 Å². The fourth-order valence-corrected chi connectivity index (χ4v) is 9.38. The van der Waals surface area contributed by atoms with E-state index in [1.807, 2.05) is 0 Å². The maximum absolute atomic E-state index is 12.9. The highest BCUT2D eigenvalue weighted by atomic mass is 16.6. The SMILES string of the molecule is CC/C=C\C/C=C\C/C=C\C/C=C\CCCCCCCCC(=O)OC(COC(=O)CCCCCCCCCCCCCC)COC(=O)CCCCCCCCCCCCCCCCCCCCCCCCC. The first kappa shape index (κ1) is 69.4. The first-order valence-corrected chi connectivity index (χ1v) is 31.6. The molecule has 0 aromatic rings. The Labute approximate surface area is 448 Å². The van der Waals surface area contributed by atoms with E-state index in [9.17, 15) is 14.4 Å². The zero-order valence-electron chi connectivity index (χ0n) is 48.2. The standard InChI is InChI=1S/C66H120O6/c1-4-7-10-13-16-19-22-25-27-29-31-32-33-34-36-37-39-41-44-47-50-53-56-59-65(68)71-62-63(61-70-64(67)58-55-52-49-46-43-24-21-18-15-12-9-6-3)72-66(69)60-57-54-51-48-45-42-40-38-35-30-28-26-23-20-17-14-11-8-5-2/h8,11,17,20,26,28,35,38,63H,4-7,9-10,12-16,18-19,21-25,27,29-34,36-37,39-62H2,1-3H3/b11-8-,20-17-,28-26-,38-35-. The minimum atomic E-state index is -0.778. The van der Waals surface area contributed by atoms with Crippen molar-refractivity contribution in [2.24, 2.45) is 0 Å². The average molecular weight is 1010 g/mol. The summed E-state index contributed by atoms with van der Waals surface area (Å²) in [4.78, 5) is 38.2. The average Bonchev–Trinajstić information content (AvgIpc) is 3.38. The lowest BCUT2D eigenvalue weighted by Crippen LogP contribution is -2.30. The van der Waals surface area contributed by atoms with Crippen molar-refractivity contribution in [2.45, 2.75) is 341 Å². The molecule has 0 aliphatic rings. The topological polar surface area (TPSA) is 78.9 Å². The summed E-state index contributed by atoms with van der Waals surface area (Å²) in [5.41, 5.74) is 0. The van der Waals surface area contributed by atoms with E-state index in [1.165, 1.54) is 199 Å². The van der Waals surface area contributed by atoms with Crippen molar-refractivity contribution in [3.8, 4) is 0 Å². The molecule has 0 amide bonds. The van der Waals surface area contributed by atoms with Gasteiger partial charge in [-0.1, -0.05) is 307 Å². The monoisotopic (exact) mass is 1010 g/mol. The lowest BCUT2D eigenvalue weighted by molar-refractivity contribution is -0.167. The molecule has 1 atom stereocenters. The smallest absolute Gasteiger partial charge is 0.306 e. The molecular weight excluding hydrogens is 889 g/mol. The van der Waals surface area contributed by atoms with E-state index in [-0.39, 0.29) is 31.1 Å². The first-order chi connectivity index (χ1) is 35.5. The third-order valence-corrected chi connectivity index (χ3v) is 14.1. The Hall–Kier alpha value is -2.63. The van der Waals surface area contributed by atoms with Crippen molar-refractivity contribution >= 4 is 17.9 Å². The number of unbranched alkanes of at least 4 members (excludes halogenated alkanes) is 39. The molecular formula is C66H120O6. The Balaban J connectivity index is 4.27. The predicted molar refractivity (Wildman–Crippen MR) is 312 cm³/mol. The van der Waals surface area contributed by atoms with Gasteiger partial charge in [0, 0.05) is 19.3 Å². The Kier molecular flexibility index (Phi) is 58.7. The summed E-state index contributed by atoms with van der Waals surface area (Å²) in [6.45, 7) is 6.57. The van der Waals surface area contributed by atoms with Crippen LogP contribution in [0.15, 0.2) is 48.6 Å². The fourth-order valence-electron chi connectivity index (χ4n) is 9.38. The maximum atomic E-state index is 12.9. The highest BCUT2D eigenvalue weighted by molar-refractivity contribution is 5.71. The number of allylic oxidation sites excluding steroid dienone is 8. The van der Waals surface area contributed by atoms with Crippen LogP contribution in [0.3, 0.4) is 0 Å². The minimum Gasteiger partial charge on any atom is -0.462 e. The summed E-state index contributed by atoms with van der Waals surface area (Å²) in [7, 11) is 0. The summed E-state index contributed by atoms with van der Waals surface area (Å²) < 4.78 is 16.9. The van der Waals surface area contributed by atoms with Crippen molar-refractivity contribution in [1.82, 2.24) is 0 Å². The summed E-state index contributed by atoms with van der Waals surface area (Å²) in [6, 6.07) is 0. The molecule has 0 aliphatic heterocycles. The van der Waals surface area contributed by atoms with Crippen molar-refractivity contribution in [1.29, 1.82) is 0 Å². The number of rotatable bonds is 58. The largest absolute Gasteiger partial charge is 0.462 e. The zero-order valence-corrected chi connectivity index (χ0v) is 48.2. The molecule has 0 aromatic carbocycles. The molecule has 0 bridgehead atoms. The van der Waals surface area contributed by atoms with Crippen molar-refractivity contribution in [2.75, 3.05) is 13.2 Å². The molecule has 420 valence electrons. The number of hydrogen-bond donors (Lipinski definition) is 0. The van der Waals surface area contributed by atoms with Crippen LogP contribution in [-0.4, -0.2) is 37.2 Å². The second-order valence-corrected chi connectivity index (χ2v) is 21.3. The molecule has 0 rings (SSSR count). The van der Waals surface area contributed by atoms with Gasteiger partial charge in [0.05, 0.1) is 0 Å². The summed E-state index contributed by atoms with van der Waals surface area (Å²) in [5.74, 6) is -0.868. The molecule has 0 radical (unpaired) electrons. The molecule has 1 unspecified atom stereocenters. The number of esters is 3. The van der Waals surface area contributed by atoms with E-state index < -0.39 is 6.10 Å². The van der Waals surface area contributed by atoms with Gasteiger partial charge in [0.1, 0.15) is 13.2 Å². The van der Waals surface area contributed by atoms with Gasteiger partial charge in [0.25, 0.3) is 0 Å². The molecule has 0 saturated carbocycles. The fraction of sp³-hybridized carbons (Fsp3) is 0.833. The molecule has 0 spiro atoms. The van der Waals surface area contributed by atoms with Crippen LogP contribution >= 0.6 is 0 Å². The van der Waals surface area contributed by atoms with Gasteiger partial charge in [-0.15, -0.1) is 0 Å². The van der Waals surface area contributed by atoms with E-state index in [0.29, 0.717) is 19.3 Å². The minimum absolute atomic E-state index is 0.0743. The number of ether oxygens (including phenoxy) is 3. The van der Waals surface area contributed by atoms with E-state index in [4.69, 9.17) is 14.2 Å². The molecule has 0 heterocycles. The van der Waals surface area contributed by atoms with Crippen LogP contribution in [0.1, 0.15) is 335 Å². The van der Waals surface area contributed by atoms with E-state index >= 15 is 0 Å². The lowest BCUT2D eigenvalue weighted by Gasteiger charge is -2.18. The third kappa shape index (κ3) is 58.3. The second kappa shape index (κ2) is 60.9. The van der Waals surface area contributed by atoms with Gasteiger partial charge >= 0.3 is 17.9 Å². The quantitative estimate of drug-likeness (QED) is 0.0261. The lowest BCUT2D eigenvalue weighted by atomic mass is 10.0. The Morgan fingerprint density at radius 1 is 0.292 bits per heavy atom. The number of carbonyl (C=O) groups excluding carboxylic acids is 3. The molecule has 0 saturated heterocycles. The van der Waals surface area contributed by atoms with E-state index in [1.54, 1.807) is 0 Å². The van der Waals surface area contributed by atoms with Crippen LogP contribution in [0.4, 0.5) is 0 Å². The van der Waals surface area contributed by atoms with Gasteiger partial charge in [-0.05, 0) is 57.8 Å². The molecule has 72 heavy (non-hydrogen) atoms. The third-order valence-electron chi connectivity index (χ3n) is 14.1. The summed E-state index contributed by atoms with van der Waals surface area (Å²) >= 11 is 0. The first-order valence-electron chi connectivity index (χ1n) is 31.6. The summed E-state index contributed by atoms with van der Waals surface area (Å²) in [5, 5.41) is 0. The summed E-state index contributed by atoms with van der Waals surface area (Å²) in [6.07, 6.45) is 75.5. The van der Waals surface area contributed by atoms with E-state index in [0.717, 1.165) is 96.3 Å². The predicted octanol–water partition coefficient (Wildman–Crippen LogP) is 21.4. The van der Waals surface area contributed by atoms with Crippen molar-refractivity contribution in [3.63, 3.8) is 0 Å². The van der Waals surface area contributed by atoms with Gasteiger partial charge in [-0.3, -0.25) is 14.4 Å². The Morgan fingerprint density at radius 2 is 0.542 bits per heavy atom. The van der Waals surface area contributed by atoms with Gasteiger partial charge < -0.3 is 14.2 Å². The van der Waals surface area contributed by atoms with Crippen molar-refractivity contribution < 1.29 is 28.6 Å². The number of hydrogen-bond acceptors (Lipinski definition) is 6. The molecule has 6 nitrogen and oxygen atoms in total. The second-order valence-electron chi connectivity index (χ2n) is 21.3. The Bertz CT molecular complexity index is 1250. The Morgan fingerprint density at radius 3 is 0.847 bits per heavy atom. The van der Waals surface area contributed by atoms with Gasteiger partial charge in [0.2, 0.25) is 0 Å². The van der Waals surface area contributed by atoms with Gasteiger partial charge in [0.15, 0.2) is 6.10 Å². The highest BCUT2D eigenvalue weighted by Crippen LogP contribution is 2.18. The van der Waals surface area contributed by atoms with Crippen LogP contribution in [0.5, 0.6) is 0 Å². The molecule has 0 aliphatic carbocycles. The normalized spacial score (nSPS) is 12.3. The van der Waals surface area contributed by atoms with Crippen LogP contribution < -0.4 is 0 Å². The molecule has 0 fully saturated rings.